The van der Waals surface area contributed by atoms with E-state index in [2.05, 4.69) is 36.8 Å². The first-order chi connectivity index (χ1) is 8.16. The van der Waals surface area contributed by atoms with Gasteiger partial charge in [-0.05, 0) is 61.7 Å². The summed E-state index contributed by atoms with van der Waals surface area (Å²) in [7, 11) is 0. The van der Waals surface area contributed by atoms with Gasteiger partial charge in [0.2, 0.25) is 0 Å². The first-order valence-electron chi connectivity index (χ1n) is 4.84. The second kappa shape index (κ2) is 5.85. The Balaban J connectivity index is 2.13. The number of rotatable bonds is 3. The van der Waals surface area contributed by atoms with Crippen LogP contribution in [0.25, 0.3) is 0 Å². The van der Waals surface area contributed by atoms with Crippen LogP contribution in [0.15, 0.2) is 45.5 Å². The summed E-state index contributed by atoms with van der Waals surface area (Å²) in [6.45, 7) is 0.448. The van der Waals surface area contributed by atoms with Crippen molar-refractivity contribution in [1.82, 2.24) is 4.98 Å². The summed E-state index contributed by atoms with van der Waals surface area (Å²) in [5, 5.41) is 0.470. The highest BCUT2D eigenvalue weighted by Crippen LogP contribution is 2.33. The molecule has 0 aliphatic rings. The Labute approximate surface area is 121 Å². The Kier molecular flexibility index (Phi) is 4.42. The molecule has 2 rings (SSSR count). The highest BCUT2D eigenvalue weighted by molar-refractivity contribution is 9.11. The van der Waals surface area contributed by atoms with Crippen LogP contribution >= 0.6 is 43.5 Å². The van der Waals surface area contributed by atoms with E-state index < -0.39 is 0 Å². The molecule has 0 aliphatic heterocycles. The van der Waals surface area contributed by atoms with Crippen molar-refractivity contribution in [2.24, 2.45) is 0 Å². The van der Waals surface area contributed by atoms with Crippen molar-refractivity contribution in [2.45, 2.75) is 6.61 Å². The third kappa shape index (κ3) is 3.44. The molecule has 0 unspecified atom stereocenters. The molecular weight excluding hydrogens is 369 g/mol. The van der Waals surface area contributed by atoms with E-state index in [0.29, 0.717) is 11.8 Å². The van der Waals surface area contributed by atoms with Crippen LogP contribution in [0.4, 0.5) is 0 Å². The van der Waals surface area contributed by atoms with Crippen molar-refractivity contribution in [3.63, 3.8) is 0 Å². The maximum absolute atomic E-state index is 5.80. The van der Waals surface area contributed by atoms with Crippen LogP contribution in [-0.4, -0.2) is 4.98 Å². The average molecular weight is 377 g/mol. The molecule has 1 aromatic carbocycles. The van der Waals surface area contributed by atoms with Crippen molar-refractivity contribution in [3.05, 3.63) is 56.2 Å². The van der Waals surface area contributed by atoms with Crippen LogP contribution in [0.5, 0.6) is 5.75 Å². The third-order valence-electron chi connectivity index (χ3n) is 2.09. The number of ether oxygens (including phenoxy) is 1. The second-order valence-electron chi connectivity index (χ2n) is 3.33. The third-order valence-corrected chi connectivity index (χ3v) is 3.55. The zero-order chi connectivity index (χ0) is 12.3. The van der Waals surface area contributed by atoms with Crippen molar-refractivity contribution in [3.8, 4) is 5.75 Å². The minimum absolute atomic E-state index is 0.448. The van der Waals surface area contributed by atoms with E-state index >= 15 is 0 Å². The maximum atomic E-state index is 5.80. The summed E-state index contributed by atoms with van der Waals surface area (Å²) in [6, 6.07) is 9.45. The van der Waals surface area contributed by atoms with Crippen LogP contribution in [0.3, 0.4) is 0 Å². The normalized spacial score (nSPS) is 10.3. The summed E-state index contributed by atoms with van der Waals surface area (Å²) in [5.74, 6) is 0.778. The summed E-state index contributed by atoms with van der Waals surface area (Å²) < 4.78 is 7.55. The van der Waals surface area contributed by atoms with E-state index in [1.807, 2.05) is 24.3 Å². The lowest BCUT2D eigenvalue weighted by atomic mass is 10.3. The lowest BCUT2D eigenvalue weighted by Crippen LogP contribution is -1.97. The molecule has 17 heavy (non-hydrogen) atoms. The molecule has 0 atom stereocenters. The van der Waals surface area contributed by atoms with Gasteiger partial charge in [-0.3, -0.25) is 0 Å². The molecule has 5 heteroatoms. The van der Waals surface area contributed by atoms with Crippen molar-refractivity contribution >= 4 is 43.5 Å². The van der Waals surface area contributed by atoms with E-state index in [1.165, 1.54) is 0 Å². The van der Waals surface area contributed by atoms with E-state index in [4.69, 9.17) is 16.3 Å². The number of para-hydroxylation sites is 1. The van der Waals surface area contributed by atoms with Gasteiger partial charge in [0, 0.05) is 6.20 Å². The zero-order valence-corrected chi connectivity index (χ0v) is 12.6. The molecule has 0 amide bonds. The fourth-order valence-corrected chi connectivity index (χ4v) is 2.73. The van der Waals surface area contributed by atoms with Crippen molar-refractivity contribution in [2.75, 3.05) is 0 Å². The lowest BCUT2D eigenvalue weighted by molar-refractivity contribution is 0.302. The number of hydrogen-bond donors (Lipinski definition) is 0. The van der Waals surface area contributed by atoms with Crippen LogP contribution in [-0.2, 0) is 6.61 Å². The number of hydrogen-bond acceptors (Lipinski definition) is 2. The van der Waals surface area contributed by atoms with Crippen LogP contribution in [0.2, 0.25) is 5.15 Å². The highest BCUT2D eigenvalue weighted by atomic mass is 79.9. The van der Waals surface area contributed by atoms with Gasteiger partial charge >= 0.3 is 0 Å². The minimum atomic E-state index is 0.448. The highest BCUT2D eigenvalue weighted by Gasteiger charge is 2.06. The van der Waals surface area contributed by atoms with E-state index in [0.717, 1.165) is 20.3 Å². The Morgan fingerprint density at radius 1 is 1.18 bits per heavy atom. The number of nitrogens with zero attached hydrogens (tertiary/aromatic N) is 1. The largest absolute Gasteiger partial charge is 0.487 e. The first kappa shape index (κ1) is 12.9. The predicted octanol–water partition coefficient (Wildman–Crippen LogP) is 4.84. The monoisotopic (exact) mass is 375 g/mol. The molecular formula is C12H8Br2ClNO. The van der Waals surface area contributed by atoms with Gasteiger partial charge in [0.1, 0.15) is 17.5 Å². The van der Waals surface area contributed by atoms with Crippen LogP contribution in [0, 0.1) is 0 Å². The number of benzene rings is 1. The van der Waals surface area contributed by atoms with Gasteiger partial charge in [0.25, 0.3) is 0 Å². The summed E-state index contributed by atoms with van der Waals surface area (Å²) in [4.78, 5) is 3.92. The molecule has 2 nitrogen and oxygen atoms in total. The van der Waals surface area contributed by atoms with Crippen LogP contribution < -0.4 is 4.74 Å². The Bertz CT molecular complexity index is 513. The Morgan fingerprint density at radius 3 is 2.53 bits per heavy atom. The van der Waals surface area contributed by atoms with Gasteiger partial charge in [-0.25, -0.2) is 4.98 Å². The SMILES string of the molecule is Clc1cc(COc2c(Br)cccc2Br)ccn1. The molecule has 1 aromatic heterocycles. The molecule has 0 N–H and O–H groups in total. The first-order valence-corrected chi connectivity index (χ1v) is 6.80. The quantitative estimate of drug-likeness (QED) is 0.714. The second-order valence-corrected chi connectivity index (χ2v) is 5.42. The van der Waals surface area contributed by atoms with E-state index in [-0.39, 0.29) is 0 Å². The van der Waals surface area contributed by atoms with E-state index in [1.54, 1.807) is 12.3 Å². The maximum Gasteiger partial charge on any atom is 0.148 e. The molecule has 0 saturated heterocycles. The van der Waals surface area contributed by atoms with Gasteiger partial charge in [-0.2, -0.15) is 0 Å². The zero-order valence-electron chi connectivity index (χ0n) is 8.66. The molecule has 0 saturated carbocycles. The molecule has 2 aromatic rings. The minimum Gasteiger partial charge on any atom is -0.487 e. The Hall–Kier alpha value is -0.580. The topological polar surface area (TPSA) is 22.1 Å². The fraction of sp³-hybridized carbons (Fsp3) is 0.0833. The summed E-state index contributed by atoms with van der Waals surface area (Å²) in [6.07, 6.45) is 1.66. The van der Waals surface area contributed by atoms with Gasteiger partial charge in [-0.15, -0.1) is 0 Å². The number of aromatic nitrogens is 1. The van der Waals surface area contributed by atoms with Gasteiger partial charge < -0.3 is 4.74 Å². The number of halogens is 3. The molecule has 88 valence electrons. The van der Waals surface area contributed by atoms with Crippen molar-refractivity contribution < 1.29 is 4.74 Å². The molecule has 0 fully saturated rings. The lowest BCUT2D eigenvalue weighted by Gasteiger charge is -2.10. The standard InChI is InChI=1S/C12H8Br2ClNO/c13-9-2-1-3-10(14)12(9)17-7-8-4-5-16-11(15)6-8/h1-6H,7H2. The van der Waals surface area contributed by atoms with Crippen molar-refractivity contribution in [1.29, 1.82) is 0 Å². The van der Waals surface area contributed by atoms with Gasteiger partial charge in [0.05, 0.1) is 8.95 Å². The molecule has 0 radical (unpaired) electrons. The molecule has 0 spiro atoms. The molecule has 0 bridgehead atoms. The summed E-state index contributed by atoms with van der Waals surface area (Å²) >= 11 is 12.7. The Morgan fingerprint density at radius 2 is 1.88 bits per heavy atom. The fourth-order valence-electron chi connectivity index (χ4n) is 1.31. The smallest absolute Gasteiger partial charge is 0.148 e. The van der Waals surface area contributed by atoms with Gasteiger partial charge in [-0.1, -0.05) is 17.7 Å². The number of pyridine rings is 1. The summed E-state index contributed by atoms with van der Waals surface area (Å²) in [5.41, 5.74) is 0.979. The van der Waals surface area contributed by atoms with Gasteiger partial charge in [0.15, 0.2) is 0 Å². The average Bonchev–Trinajstić information content (AvgIpc) is 2.28. The van der Waals surface area contributed by atoms with Crippen LogP contribution in [0.1, 0.15) is 5.56 Å². The predicted molar refractivity (Wildman–Crippen MR) is 75.4 cm³/mol. The molecule has 0 aliphatic carbocycles. The van der Waals surface area contributed by atoms with E-state index in [9.17, 15) is 0 Å². The molecule has 1 heterocycles.